The van der Waals surface area contributed by atoms with Gasteiger partial charge in [-0.1, -0.05) is 18.5 Å². The maximum atomic E-state index is 10.8. The van der Waals surface area contributed by atoms with Crippen LogP contribution in [0.5, 0.6) is 0 Å². The molecule has 0 bridgehead atoms. The van der Waals surface area contributed by atoms with E-state index in [1.807, 2.05) is 0 Å². The molecule has 1 aliphatic rings. The van der Waals surface area contributed by atoms with Crippen LogP contribution in [0.15, 0.2) is 5.16 Å². The molecule has 4 heteroatoms. The third-order valence-electron chi connectivity index (χ3n) is 2.80. The summed E-state index contributed by atoms with van der Waals surface area (Å²) in [5, 5.41) is 12.8. The molecule has 86 valence electrons. The number of carboxylic acids is 1. The van der Waals surface area contributed by atoms with Crippen LogP contribution in [0.25, 0.3) is 0 Å². The molecule has 0 radical (unpaired) electrons. The predicted octanol–water partition coefficient (Wildman–Crippen LogP) is 2.43. The second-order valence-corrected chi connectivity index (χ2v) is 4.64. The molecule has 1 N–H and O–H groups in total. The summed E-state index contributed by atoms with van der Waals surface area (Å²) in [6, 6.07) is 0. The van der Waals surface area contributed by atoms with Gasteiger partial charge in [-0.05, 0) is 39.0 Å². The quantitative estimate of drug-likeness (QED) is 0.732. The van der Waals surface area contributed by atoms with E-state index >= 15 is 0 Å². The van der Waals surface area contributed by atoms with E-state index in [2.05, 4.69) is 12.1 Å². The van der Waals surface area contributed by atoms with Crippen LogP contribution >= 0.6 is 0 Å². The standard InChI is InChI=1S/C11H19NO3/c1-8-6-4-5-7-9(8)12-15-11(2,3)10(13)14/h8H,4-7H2,1-3H3,(H,13,14)/b12-9+. The van der Waals surface area contributed by atoms with Crippen molar-refractivity contribution in [1.82, 2.24) is 0 Å². The summed E-state index contributed by atoms with van der Waals surface area (Å²) in [6.07, 6.45) is 4.40. The zero-order valence-electron chi connectivity index (χ0n) is 9.62. The van der Waals surface area contributed by atoms with Crippen molar-refractivity contribution in [3.05, 3.63) is 0 Å². The zero-order valence-corrected chi connectivity index (χ0v) is 9.62. The van der Waals surface area contributed by atoms with Crippen LogP contribution < -0.4 is 0 Å². The molecular weight excluding hydrogens is 194 g/mol. The van der Waals surface area contributed by atoms with Crippen molar-refractivity contribution in [3.63, 3.8) is 0 Å². The minimum absolute atomic E-state index is 0.420. The third kappa shape index (κ3) is 3.22. The number of nitrogens with zero attached hydrogens (tertiary/aromatic N) is 1. The van der Waals surface area contributed by atoms with Crippen LogP contribution in [0, 0.1) is 5.92 Å². The summed E-state index contributed by atoms with van der Waals surface area (Å²) >= 11 is 0. The number of carbonyl (C=O) groups is 1. The second kappa shape index (κ2) is 4.64. The summed E-state index contributed by atoms with van der Waals surface area (Å²) in [6.45, 7) is 5.12. The Bertz CT molecular complexity index is 271. The highest BCUT2D eigenvalue weighted by atomic mass is 16.7. The summed E-state index contributed by atoms with van der Waals surface area (Å²) < 4.78 is 0. The molecule has 4 nitrogen and oxygen atoms in total. The largest absolute Gasteiger partial charge is 0.478 e. The lowest BCUT2D eigenvalue weighted by Gasteiger charge is -2.22. The molecule has 0 saturated heterocycles. The molecule has 0 aromatic carbocycles. The highest BCUT2D eigenvalue weighted by Gasteiger charge is 2.30. The van der Waals surface area contributed by atoms with Crippen molar-refractivity contribution in [2.24, 2.45) is 11.1 Å². The fourth-order valence-electron chi connectivity index (χ4n) is 1.52. The van der Waals surface area contributed by atoms with Crippen molar-refractivity contribution in [3.8, 4) is 0 Å². The molecule has 0 spiro atoms. The van der Waals surface area contributed by atoms with Gasteiger partial charge in [-0.25, -0.2) is 4.79 Å². The van der Waals surface area contributed by atoms with Gasteiger partial charge in [0.1, 0.15) is 0 Å². The fourth-order valence-corrected chi connectivity index (χ4v) is 1.52. The molecule has 1 rings (SSSR count). The molecule has 0 aromatic rings. The Morgan fingerprint density at radius 3 is 2.73 bits per heavy atom. The topological polar surface area (TPSA) is 58.9 Å². The highest BCUT2D eigenvalue weighted by Crippen LogP contribution is 2.22. The number of carboxylic acid groups (broad SMARTS) is 1. The number of aliphatic carboxylic acids is 1. The molecule has 1 saturated carbocycles. The van der Waals surface area contributed by atoms with Gasteiger partial charge in [-0.3, -0.25) is 0 Å². The van der Waals surface area contributed by atoms with Crippen molar-refractivity contribution < 1.29 is 14.7 Å². The number of hydrogen-bond acceptors (Lipinski definition) is 3. The molecule has 1 atom stereocenters. The minimum atomic E-state index is -1.23. The van der Waals surface area contributed by atoms with Crippen molar-refractivity contribution in [1.29, 1.82) is 0 Å². The Kier molecular flexibility index (Phi) is 3.72. The first-order valence-corrected chi connectivity index (χ1v) is 5.42. The minimum Gasteiger partial charge on any atom is -0.478 e. The van der Waals surface area contributed by atoms with E-state index < -0.39 is 11.6 Å². The van der Waals surface area contributed by atoms with Crippen molar-refractivity contribution in [2.75, 3.05) is 0 Å². The Morgan fingerprint density at radius 2 is 2.20 bits per heavy atom. The number of oxime groups is 1. The monoisotopic (exact) mass is 213 g/mol. The van der Waals surface area contributed by atoms with Crippen molar-refractivity contribution >= 4 is 11.7 Å². The Balaban J connectivity index is 2.59. The van der Waals surface area contributed by atoms with Crippen LogP contribution in [0.2, 0.25) is 0 Å². The lowest BCUT2D eigenvalue weighted by Crippen LogP contribution is -2.33. The second-order valence-electron chi connectivity index (χ2n) is 4.64. The molecule has 0 heterocycles. The van der Waals surface area contributed by atoms with Gasteiger partial charge in [0.25, 0.3) is 0 Å². The predicted molar refractivity (Wildman–Crippen MR) is 57.9 cm³/mol. The Hall–Kier alpha value is -1.06. The molecule has 0 amide bonds. The van der Waals surface area contributed by atoms with Gasteiger partial charge in [-0.15, -0.1) is 0 Å². The van der Waals surface area contributed by atoms with Gasteiger partial charge in [-0.2, -0.15) is 0 Å². The SMILES string of the molecule is CC1CCCC/C1=N\OC(C)(C)C(=O)O. The lowest BCUT2D eigenvalue weighted by atomic mass is 9.89. The maximum absolute atomic E-state index is 10.8. The van der Waals surface area contributed by atoms with E-state index in [0.29, 0.717) is 5.92 Å². The van der Waals surface area contributed by atoms with E-state index in [0.717, 1.165) is 25.0 Å². The van der Waals surface area contributed by atoms with Crippen LogP contribution in [0.1, 0.15) is 46.5 Å². The normalized spacial score (nSPS) is 25.3. The van der Waals surface area contributed by atoms with Gasteiger partial charge in [0.15, 0.2) is 0 Å². The summed E-state index contributed by atoms with van der Waals surface area (Å²) in [5.74, 6) is -0.571. The average molecular weight is 213 g/mol. The summed E-state index contributed by atoms with van der Waals surface area (Å²) in [7, 11) is 0. The highest BCUT2D eigenvalue weighted by molar-refractivity contribution is 5.86. The first kappa shape index (κ1) is 12.0. The van der Waals surface area contributed by atoms with E-state index in [-0.39, 0.29) is 0 Å². The average Bonchev–Trinajstić information content (AvgIpc) is 2.16. The molecule has 15 heavy (non-hydrogen) atoms. The van der Waals surface area contributed by atoms with Crippen LogP contribution in [0.3, 0.4) is 0 Å². The van der Waals surface area contributed by atoms with Crippen molar-refractivity contribution in [2.45, 2.75) is 52.1 Å². The first-order chi connectivity index (χ1) is 6.93. The van der Waals surface area contributed by atoms with Crippen LogP contribution in [-0.4, -0.2) is 22.4 Å². The molecular formula is C11H19NO3. The van der Waals surface area contributed by atoms with Crippen LogP contribution in [-0.2, 0) is 9.63 Å². The molecule has 0 aliphatic heterocycles. The zero-order chi connectivity index (χ0) is 11.5. The third-order valence-corrected chi connectivity index (χ3v) is 2.80. The van der Waals surface area contributed by atoms with Gasteiger partial charge < -0.3 is 9.94 Å². The molecule has 0 aromatic heterocycles. The van der Waals surface area contributed by atoms with Crippen LogP contribution in [0.4, 0.5) is 0 Å². The molecule has 1 aliphatic carbocycles. The molecule has 1 unspecified atom stereocenters. The number of rotatable bonds is 3. The fraction of sp³-hybridized carbons (Fsp3) is 0.818. The van der Waals surface area contributed by atoms with Gasteiger partial charge in [0.2, 0.25) is 5.60 Å². The van der Waals surface area contributed by atoms with Gasteiger partial charge in [0, 0.05) is 0 Å². The Morgan fingerprint density at radius 1 is 1.53 bits per heavy atom. The Labute approximate surface area is 90.3 Å². The summed E-state index contributed by atoms with van der Waals surface area (Å²) in [4.78, 5) is 15.9. The van der Waals surface area contributed by atoms with E-state index in [9.17, 15) is 4.79 Å². The van der Waals surface area contributed by atoms with E-state index in [1.54, 1.807) is 0 Å². The number of hydrogen-bond donors (Lipinski definition) is 1. The molecule has 1 fully saturated rings. The lowest BCUT2D eigenvalue weighted by molar-refractivity contribution is -0.161. The summed E-state index contributed by atoms with van der Waals surface area (Å²) in [5.41, 5.74) is -0.236. The van der Waals surface area contributed by atoms with E-state index in [4.69, 9.17) is 9.94 Å². The maximum Gasteiger partial charge on any atom is 0.350 e. The van der Waals surface area contributed by atoms with Gasteiger partial charge >= 0.3 is 5.97 Å². The smallest absolute Gasteiger partial charge is 0.350 e. The first-order valence-electron chi connectivity index (χ1n) is 5.42. The van der Waals surface area contributed by atoms with E-state index in [1.165, 1.54) is 20.3 Å². The van der Waals surface area contributed by atoms with Gasteiger partial charge in [0.05, 0.1) is 5.71 Å².